The minimum Gasteiger partial charge on any atom is -0.365 e. The van der Waals surface area contributed by atoms with Crippen molar-refractivity contribution in [2.75, 3.05) is 25.5 Å². The smallest absolute Gasteiger partial charge is 0.265 e. The normalized spacial score (nSPS) is 18.2. The molecule has 2 aliphatic rings. The van der Waals surface area contributed by atoms with E-state index in [1.807, 2.05) is 23.3 Å². The molecular formula is C16H20N4OS2. The molecule has 5 nitrogen and oxygen atoms in total. The number of anilines is 1. The first-order chi connectivity index (χ1) is 11.2. The maximum absolute atomic E-state index is 12.5. The molecule has 0 atom stereocenters. The van der Waals surface area contributed by atoms with Crippen molar-refractivity contribution in [3.63, 3.8) is 0 Å². The van der Waals surface area contributed by atoms with Crippen molar-refractivity contribution in [1.82, 2.24) is 14.9 Å². The van der Waals surface area contributed by atoms with Gasteiger partial charge in [-0.25, -0.2) is 9.97 Å². The van der Waals surface area contributed by atoms with Crippen LogP contribution in [0.25, 0.3) is 0 Å². The number of nitrogens with zero attached hydrogens (tertiary/aromatic N) is 3. The fourth-order valence-corrected chi connectivity index (χ4v) is 5.42. The van der Waals surface area contributed by atoms with E-state index in [9.17, 15) is 4.79 Å². The molecule has 0 saturated carbocycles. The molecule has 4 rings (SSSR count). The molecule has 1 aliphatic carbocycles. The van der Waals surface area contributed by atoms with E-state index >= 15 is 0 Å². The molecule has 1 fully saturated rings. The first kappa shape index (κ1) is 15.1. The van der Waals surface area contributed by atoms with Gasteiger partial charge in [-0.3, -0.25) is 4.79 Å². The van der Waals surface area contributed by atoms with Gasteiger partial charge in [0.05, 0.1) is 16.9 Å². The Kier molecular flexibility index (Phi) is 4.07. The standard InChI is InChI=1S/C16H20N4OS2/c1-17-16-18-9-13(23-16)15(21)20-7-5-10(6-8-20)14-19-11-3-2-4-12(11)22-14/h9-10H,2-8H2,1H3,(H,17,18). The van der Waals surface area contributed by atoms with Gasteiger partial charge in [0.2, 0.25) is 0 Å². The average molecular weight is 348 g/mol. The van der Waals surface area contributed by atoms with Gasteiger partial charge in [-0.2, -0.15) is 0 Å². The molecule has 0 spiro atoms. The molecule has 23 heavy (non-hydrogen) atoms. The van der Waals surface area contributed by atoms with Crippen LogP contribution in [-0.2, 0) is 12.8 Å². The predicted octanol–water partition coefficient (Wildman–Crippen LogP) is 3.15. The molecule has 1 aliphatic heterocycles. The molecule has 1 amide bonds. The Morgan fingerprint density at radius 1 is 1.30 bits per heavy atom. The Morgan fingerprint density at radius 2 is 2.13 bits per heavy atom. The van der Waals surface area contributed by atoms with Crippen molar-refractivity contribution < 1.29 is 4.79 Å². The number of hydrogen-bond acceptors (Lipinski definition) is 6. The summed E-state index contributed by atoms with van der Waals surface area (Å²) in [6.07, 6.45) is 7.36. The number of aryl methyl sites for hydroxylation is 2. The lowest BCUT2D eigenvalue weighted by Crippen LogP contribution is -2.37. The number of rotatable bonds is 3. The van der Waals surface area contributed by atoms with Crippen LogP contribution in [0, 0.1) is 0 Å². The van der Waals surface area contributed by atoms with E-state index in [2.05, 4.69) is 10.3 Å². The number of amides is 1. The lowest BCUT2D eigenvalue weighted by molar-refractivity contribution is 0.0717. The Morgan fingerprint density at radius 3 is 2.83 bits per heavy atom. The van der Waals surface area contributed by atoms with E-state index in [-0.39, 0.29) is 5.91 Å². The molecule has 2 aromatic heterocycles. The number of hydrogen-bond donors (Lipinski definition) is 1. The molecule has 3 heterocycles. The summed E-state index contributed by atoms with van der Waals surface area (Å²) in [5.74, 6) is 0.646. The van der Waals surface area contributed by atoms with E-state index in [4.69, 9.17) is 4.98 Å². The van der Waals surface area contributed by atoms with Crippen molar-refractivity contribution in [3.05, 3.63) is 26.7 Å². The topological polar surface area (TPSA) is 58.1 Å². The minimum absolute atomic E-state index is 0.115. The van der Waals surface area contributed by atoms with Crippen molar-refractivity contribution in [1.29, 1.82) is 0 Å². The van der Waals surface area contributed by atoms with Crippen molar-refractivity contribution in [2.24, 2.45) is 0 Å². The van der Waals surface area contributed by atoms with Gasteiger partial charge in [-0.05, 0) is 32.1 Å². The van der Waals surface area contributed by atoms with Crippen molar-refractivity contribution in [2.45, 2.75) is 38.0 Å². The van der Waals surface area contributed by atoms with E-state index in [1.165, 1.54) is 39.8 Å². The number of thiazole rings is 2. The van der Waals surface area contributed by atoms with Gasteiger partial charge in [-0.15, -0.1) is 11.3 Å². The largest absolute Gasteiger partial charge is 0.365 e. The summed E-state index contributed by atoms with van der Waals surface area (Å²) in [6.45, 7) is 1.64. The van der Waals surface area contributed by atoms with Gasteiger partial charge < -0.3 is 10.2 Å². The summed E-state index contributed by atoms with van der Waals surface area (Å²) >= 11 is 3.33. The molecule has 7 heteroatoms. The Labute approximate surface area is 143 Å². The SMILES string of the molecule is CNc1ncc(C(=O)N2CCC(c3nc4c(s3)CCC4)CC2)s1. The summed E-state index contributed by atoms with van der Waals surface area (Å²) < 4.78 is 0. The lowest BCUT2D eigenvalue weighted by Gasteiger charge is -2.30. The molecule has 0 bridgehead atoms. The van der Waals surface area contributed by atoms with Gasteiger partial charge >= 0.3 is 0 Å². The molecule has 2 aromatic rings. The third-order valence-electron chi connectivity index (χ3n) is 4.67. The van der Waals surface area contributed by atoms with E-state index in [0.29, 0.717) is 5.92 Å². The third kappa shape index (κ3) is 2.87. The molecule has 1 saturated heterocycles. The first-order valence-corrected chi connectivity index (χ1v) is 9.79. The number of fused-ring (bicyclic) bond motifs is 1. The van der Waals surface area contributed by atoms with Crippen LogP contribution >= 0.6 is 22.7 Å². The number of carbonyl (C=O) groups excluding carboxylic acids is 1. The highest BCUT2D eigenvalue weighted by Gasteiger charge is 2.28. The van der Waals surface area contributed by atoms with Crippen LogP contribution in [0.4, 0.5) is 5.13 Å². The number of nitrogens with one attached hydrogen (secondary N) is 1. The zero-order valence-electron chi connectivity index (χ0n) is 13.2. The molecule has 0 radical (unpaired) electrons. The summed E-state index contributed by atoms with van der Waals surface area (Å²) in [7, 11) is 1.82. The van der Waals surface area contributed by atoms with Crippen LogP contribution < -0.4 is 5.32 Å². The number of carbonyl (C=O) groups is 1. The number of likely N-dealkylation sites (tertiary alicyclic amines) is 1. The van der Waals surface area contributed by atoms with Crippen LogP contribution in [0.3, 0.4) is 0 Å². The molecule has 122 valence electrons. The van der Waals surface area contributed by atoms with E-state index in [1.54, 1.807) is 6.20 Å². The highest BCUT2D eigenvalue weighted by molar-refractivity contribution is 7.17. The Bertz CT molecular complexity index is 694. The second-order valence-electron chi connectivity index (χ2n) is 6.12. The van der Waals surface area contributed by atoms with Gasteiger partial charge in [0, 0.05) is 30.9 Å². The van der Waals surface area contributed by atoms with Crippen LogP contribution in [0.15, 0.2) is 6.20 Å². The zero-order valence-corrected chi connectivity index (χ0v) is 14.8. The number of piperidine rings is 1. The summed E-state index contributed by atoms with van der Waals surface area (Å²) in [5.41, 5.74) is 1.34. The predicted molar refractivity (Wildman–Crippen MR) is 93.7 cm³/mol. The third-order valence-corrected chi connectivity index (χ3v) is 7.00. The van der Waals surface area contributed by atoms with Crippen LogP contribution in [0.5, 0.6) is 0 Å². The minimum atomic E-state index is 0.115. The summed E-state index contributed by atoms with van der Waals surface area (Å²) in [5, 5.41) is 5.08. The highest BCUT2D eigenvalue weighted by Crippen LogP contribution is 2.36. The second-order valence-corrected chi connectivity index (χ2v) is 8.27. The quantitative estimate of drug-likeness (QED) is 0.926. The van der Waals surface area contributed by atoms with E-state index < -0.39 is 0 Å². The van der Waals surface area contributed by atoms with Crippen molar-refractivity contribution in [3.8, 4) is 0 Å². The maximum Gasteiger partial charge on any atom is 0.265 e. The van der Waals surface area contributed by atoms with Crippen LogP contribution in [0.1, 0.15) is 50.4 Å². The van der Waals surface area contributed by atoms with Crippen molar-refractivity contribution >= 4 is 33.7 Å². The highest BCUT2D eigenvalue weighted by atomic mass is 32.1. The molecular weight excluding hydrogens is 328 g/mol. The Hall–Kier alpha value is -1.47. The number of aromatic nitrogens is 2. The van der Waals surface area contributed by atoms with Gasteiger partial charge in [0.1, 0.15) is 4.88 Å². The van der Waals surface area contributed by atoms with Gasteiger partial charge in [0.15, 0.2) is 5.13 Å². The molecule has 1 N–H and O–H groups in total. The van der Waals surface area contributed by atoms with Gasteiger partial charge in [0.25, 0.3) is 5.91 Å². The fourth-order valence-electron chi connectivity index (χ4n) is 3.36. The molecule has 0 aromatic carbocycles. The Balaban J connectivity index is 1.39. The summed E-state index contributed by atoms with van der Waals surface area (Å²) in [4.78, 5) is 25.8. The summed E-state index contributed by atoms with van der Waals surface area (Å²) in [6, 6.07) is 0. The van der Waals surface area contributed by atoms with Crippen LogP contribution in [0.2, 0.25) is 0 Å². The monoisotopic (exact) mass is 348 g/mol. The zero-order chi connectivity index (χ0) is 15.8. The maximum atomic E-state index is 12.5. The second kappa shape index (κ2) is 6.20. The lowest BCUT2D eigenvalue weighted by atomic mass is 9.97. The molecule has 0 unspecified atom stereocenters. The van der Waals surface area contributed by atoms with E-state index in [0.717, 1.165) is 42.4 Å². The van der Waals surface area contributed by atoms with Crippen LogP contribution in [-0.4, -0.2) is 40.9 Å². The van der Waals surface area contributed by atoms with Gasteiger partial charge in [-0.1, -0.05) is 11.3 Å². The average Bonchev–Trinajstić information content (AvgIpc) is 3.29. The fraction of sp³-hybridized carbons (Fsp3) is 0.562. The first-order valence-electron chi connectivity index (χ1n) is 8.16.